The molecule has 0 amide bonds. The summed E-state index contributed by atoms with van der Waals surface area (Å²) in [6.45, 7) is 6.14. The smallest absolute Gasteiger partial charge is 0.0659 e. The minimum absolute atomic E-state index is 0.806. The summed E-state index contributed by atoms with van der Waals surface area (Å²) >= 11 is 5.97. The Morgan fingerprint density at radius 2 is 2.00 bits per heavy atom. The van der Waals surface area contributed by atoms with Crippen molar-refractivity contribution < 1.29 is 0 Å². The molecule has 0 unspecified atom stereocenters. The fourth-order valence-corrected chi connectivity index (χ4v) is 1.56. The van der Waals surface area contributed by atoms with Gasteiger partial charge in [-0.25, -0.2) is 0 Å². The lowest BCUT2D eigenvalue weighted by atomic mass is 10.1. The molecule has 1 aromatic heterocycles. The Hall–Kier alpha value is -0.950. The molecule has 0 saturated carbocycles. The van der Waals surface area contributed by atoms with Crippen molar-refractivity contribution in [2.45, 2.75) is 27.2 Å². The van der Waals surface area contributed by atoms with Crippen LogP contribution in [0, 0.1) is 0 Å². The van der Waals surface area contributed by atoms with Crippen LogP contribution in [0.2, 0.25) is 5.02 Å². The first-order valence-corrected chi connectivity index (χ1v) is 5.44. The van der Waals surface area contributed by atoms with Gasteiger partial charge in [0.2, 0.25) is 0 Å². The van der Waals surface area contributed by atoms with Gasteiger partial charge in [-0.3, -0.25) is 0 Å². The van der Waals surface area contributed by atoms with Gasteiger partial charge >= 0.3 is 0 Å². The van der Waals surface area contributed by atoms with Gasteiger partial charge in [-0.15, -0.1) is 0 Å². The minimum Gasteiger partial charge on any atom is -0.360 e. The third kappa shape index (κ3) is 2.10. The zero-order valence-corrected chi connectivity index (χ0v) is 9.65. The van der Waals surface area contributed by atoms with Crippen LogP contribution in [-0.2, 0) is 6.42 Å². The molecule has 76 valence electrons. The van der Waals surface area contributed by atoms with E-state index in [1.807, 2.05) is 20.0 Å². The maximum atomic E-state index is 5.97. The fourth-order valence-electron chi connectivity index (χ4n) is 1.35. The van der Waals surface area contributed by atoms with Crippen molar-refractivity contribution in [2.75, 3.05) is 0 Å². The summed E-state index contributed by atoms with van der Waals surface area (Å²) in [6.07, 6.45) is 2.88. The SMILES string of the molecule is CC.CCc1ccc2[nH]cc(Cl)c2c1. The molecule has 1 N–H and O–H groups in total. The second-order valence-electron chi connectivity index (χ2n) is 2.87. The van der Waals surface area contributed by atoms with Gasteiger partial charge in [-0.2, -0.15) is 0 Å². The predicted molar refractivity (Wildman–Crippen MR) is 64.0 cm³/mol. The molecule has 14 heavy (non-hydrogen) atoms. The molecule has 0 spiro atoms. The number of rotatable bonds is 1. The number of hydrogen-bond acceptors (Lipinski definition) is 0. The van der Waals surface area contributed by atoms with Gasteiger partial charge in [0.1, 0.15) is 0 Å². The van der Waals surface area contributed by atoms with Gasteiger partial charge in [0, 0.05) is 17.1 Å². The first kappa shape index (κ1) is 11.1. The van der Waals surface area contributed by atoms with E-state index in [0.717, 1.165) is 22.3 Å². The molecule has 2 heteroatoms. The highest BCUT2D eigenvalue weighted by molar-refractivity contribution is 6.35. The van der Waals surface area contributed by atoms with Crippen molar-refractivity contribution in [3.63, 3.8) is 0 Å². The number of aromatic nitrogens is 1. The van der Waals surface area contributed by atoms with Crippen LogP contribution in [-0.4, -0.2) is 4.98 Å². The molecule has 0 atom stereocenters. The number of aromatic amines is 1. The number of benzene rings is 1. The molecular formula is C12H16ClN. The van der Waals surface area contributed by atoms with Crippen molar-refractivity contribution in [3.8, 4) is 0 Å². The summed E-state index contributed by atoms with van der Waals surface area (Å²) in [4.78, 5) is 3.11. The van der Waals surface area contributed by atoms with Gasteiger partial charge in [-0.1, -0.05) is 38.4 Å². The lowest BCUT2D eigenvalue weighted by molar-refractivity contribution is 1.15. The molecule has 0 saturated heterocycles. The quantitative estimate of drug-likeness (QED) is 0.716. The molecule has 1 aromatic carbocycles. The molecule has 0 aliphatic heterocycles. The van der Waals surface area contributed by atoms with Crippen molar-refractivity contribution in [2.24, 2.45) is 0 Å². The maximum Gasteiger partial charge on any atom is 0.0659 e. The monoisotopic (exact) mass is 209 g/mol. The zero-order valence-electron chi connectivity index (χ0n) is 8.89. The van der Waals surface area contributed by atoms with Gasteiger partial charge in [-0.05, 0) is 24.1 Å². The average Bonchev–Trinajstić information content (AvgIpc) is 2.63. The van der Waals surface area contributed by atoms with E-state index in [-0.39, 0.29) is 0 Å². The molecule has 1 heterocycles. The Morgan fingerprint density at radius 3 is 2.64 bits per heavy atom. The third-order valence-electron chi connectivity index (χ3n) is 2.10. The minimum atomic E-state index is 0.806. The van der Waals surface area contributed by atoms with Crippen LogP contribution in [0.3, 0.4) is 0 Å². The van der Waals surface area contributed by atoms with Crippen molar-refractivity contribution in [1.82, 2.24) is 4.98 Å². The first-order valence-electron chi connectivity index (χ1n) is 5.07. The second-order valence-corrected chi connectivity index (χ2v) is 3.28. The van der Waals surface area contributed by atoms with Gasteiger partial charge in [0.05, 0.1) is 5.02 Å². The fraction of sp³-hybridized carbons (Fsp3) is 0.333. The molecule has 2 aromatic rings. The number of fused-ring (bicyclic) bond motifs is 1. The van der Waals surface area contributed by atoms with Crippen molar-refractivity contribution >= 4 is 22.5 Å². The van der Waals surface area contributed by atoms with Crippen LogP contribution in [0.25, 0.3) is 10.9 Å². The highest BCUT2D eigenvalue weighted by Crippen LogP contribution is 2.23. The van der Waals surface area contributed by atoms with Crippen LogP contribution < -0.4 is 0 Å². The first-order chi connectivity index (χ1) is 6.81. The van der Waals surface area contributed by atoms with Crippen LogP contribution in [0.5, 0.6) is 0 Å². The van der Waals surface area contributed by atoms with Gasteiger partial charge in [0.25, 0.3) is 0 Å². The Balaban J connectivity index is 0.000000461. The van der Waals surface area contributed by atoms with Crippen LogP contribution in [0.1, 0.15) is 26.3 Å². The van der Waals surface area contributed by atoms with E-state index in [9.17, 15) is 0 Å². The number of halogens is 1. The van der Waals surface area contributed by atoms with Crippen LogP contribution in [0.15, 0.2) is 24.4 Å². The lowest BCUT2D eigenvalue weighted by Gasteiger charge is -1.95. The van der Waals surface area contributed by atoms with Crippen molar-refractivity contribution in [3.05, 3.63) is 35.0 Å². The second kappa shape index (κ2) is 5.06. The van der Waals surface area contributed by atoms with Gasteiger partial charge < -0.3 is 4.98 Å². The summed E-state index contributed by atoms with van der Waals surface area (Å²) in [7, 11) is 0. The van der Waals surface area contributed by atoms with Crippen LogP contribution in [0.4, 0.5) is 0 Å². The van der Waals surface area contributed by atoms with Crippen LogP contribution >= 0.6 is 11.6 Å². The van der Waals surface area contributed by atoms with E-state index in [1.54, 1.807) is 0 Å². The van der Waals surface area contributed by atoms with Crippen molar-refractivity contribution in [1.29, 1.82) is 0 Å². The van der Waals surface area contributed by atoms with E-state index >= 15 is 0 Å². The molecule has 0 radical (unpaired) electrons. The molecule has 0 aliphatic rings. The molecule has 0 bridgehead atoms. The largest absolute Gasteiger partial charge is 0.360 e. The summed E-state index contributed by atoms with van der Waals surface area (Å²) in [5.74, 6) is 0. The zero-order chi connectivity index (χ0) is 10.6. The number of hydrogen-bond donors (Lipinski definition) is 1. The topological polar surface area (TPSA) is 15.8 Å². The molecular weight excluding hydrogens is 194 g/mol. The van der Waals surface area contributed by atoms with E-state index in [2.05, 4.69) is 30.1 Å². The normalized spacial score (nSPS) is 9.71. The standard InChI is InChI=1S/C10H10ClN.C2H6/c1-2-7-3-4-10-8(5-7)9(11)6-12-10;1-2/h3-6,12H,2H2,1H3;1-2H3. The Labute approximate surface area is 90.1 Å². The van der Waals surface area contributed by atoms with E-state index in [4.69, 9.17) is 11.6 Å². The molecule has 2 rings (SSSR count). The average molecular weight is 210 g/mol. The van der Waals surface area contributed by atoms with E-state index in [1.165, 1.54) is 5.56 Å². The molecule has 1 nitrogen and oxygen atoms in total. The Bertz CT molecular complexity index is 404. The number of H-pyrrole nitrogens is 1. The molecule has 0 fully saturated rings. The van der Waals surface area contributed by atoms with E-state index in [0.29, 0.717) is 0 Å². The summed E-state index contributed by atoms with van der Waals surface area (Å²) in [5.41, 5.74) is 2.43. The molecule has 0 aliphatic carbocycles. The predicted octanol–water partition coefficient (Wildman–Crippen LogP) is 4.41. The third-order valence-corrected chi connectivity index (χ3v) is 2.42. The highest BCUT2D eigenvalue weighted by Gasteiger charge is 2.00. The lowest BCUT2D eigenvalue weighted by Crippen LogP contribution is -1.77. The number of nitrogens with one attached hydrogen (secondary N) is 1. The summed E-state index contributed by atoms with van der Waals surface area (Å²) < 4.78 is 0. The Morgan fingerprint density at radius 1 is 1.29 bits per heavy atom. The Kier molecular flexibility index (Phi) is 4.02. The van der Waals surface area contributed by atoms with E-state index < -0.39 is 0 Å². The number of aryl methyl sites for hydroxylation is 1. The highest BCUT2D eigenvalue weighted by atomic mass is 35.5. The van der Waals surface area contributed by atoms with Gasteiger partial charge in [0.15, 0.2) is 0 Å². The summed E-state index contributed by atoms with van der Waals surface area (Å²) in [6, 6.07) is 6.32. The summed E-state index contributed by atoms with van der Waals surface area (Å²) in [5, 5.41) is 1.93. The maximum absolute atomic E-state index is 5.97.